The van der Waals surface area contributed by atoms with E-state index in [-0.39, 0.29) is 0 Å². The SMILES string of the molecule is ClCC1CCCCCCCCCCC1. The smallest absolute Gasteiger partial charge is 0.0251 e. The van der Waals surface area contributed by atoms with Gasteiger partial charge in [-0.15, -0.1) is 11.6 Å². The van der Waals surface area contributed by atoms with Gasteiger partial charge in [-0.25, -0.2) is 0 Å². The van der Waals surface area contributed by atoms with Crippen molar-refractivity contribution in [1.82, 2.24) is 0 Å². The Kier molecular flexibility index (Phi) is 7.58. The second kappa shape index (κ2) is 8.59. The fourth-order valence-corrected chi connectivity index (χ4v) is 2.71. The van der Waals surface area contributed by atoms with Gasteiger partial charge in [0.15, 0.2) is 0 Å². The van der Waals surface area contributed by atoms with E-state index in [4.69, 9.17) is 11.6 Å². The minimum absolute atomic E-state index is 0.816. The molecule has 14 heavy (non-hydrogen) atoms. The van der Waals surface area contributed by atoms with Gasteiger partial charge in [-0.2, -0.15) is 0 Å². The average Bonchev–Trinajstić information content (AvgIpc) is 2.19. The quantitative estimate of drug-likeness (QED) is 0.532. The Hall–Kier alpha value is 0.290. The van der Waals surface area contributed by atoms with Crippen LogP contribution in [0.4, 0.5) is 0 Å². The van der Waals surface area contributed by atoms with E-state index in [0.717, 1.165) is 11.8 Å². The highest BCUT2D eigenvalue weighted by molar-refractivity contribution is 6.18. The van der Waals surface area contributed by atoms with Gasteiger partial charge in [0.25, 0.3) is 0 Å². The minimum Gasteiger partial charge on any atom is -0.126 e. The Bertz CT molecular complexity index is 110. The minimum atomic E-state index is 0.816. The molecule has 0 bridgehead atoms. The molecular formula is C13H25Cl. The molecule has 0 aromatic rings. The zero-order valence-electron chi connectivity index (χ0n) is 9.44. The van der Waals surface area contributed by atoms with Crippen LogP contribution in [0.1, 0.15) is 70.6 Å². The molecule has 0 aliphatic heterocycles. The molecule has 0 atom stereocenters. The molecule has 1 fully saturated rings. The maximum atomic E-state index is 5.97. The second-order valence-electron chi connectivity index (χ2n) is 4.78. The second-order valence-corrected chi connectivity index (χ2v) is 5.09. The van der Waals surface area contributed by atoms with Crippen LogP contribution in [-0.4, -0.2) is 5.88 Å². The molecule has 0 amide bonds. The summed E-state index contributed by atoms with van der Waals surface area (Å²) in [4.78, 5) is 0. The van der Waals surface area contributed by atoms with Crippen LogP contribution < -0.4 is 0 Å². The molecule has 1 aliphatic carbocycles. The van der Waals surface area contributed by atoms with Gasteiger partial charge in [0.1, 0.15) is 0 Å². The van der Waals surface area contributed by atoms with Crippen molar-refractivity contribution in [3.05, 3.63) is 0 Å². The Balaban J connectivity index is 2.17. The summed E-state index contributed by atoms with van der Waals surface area (Å²) in [6.45, 7) is 0. The summed E-state index contributed by atoms with van der Waals surface area (Å²) in [5.41, 5.74) is 0. The lowest BCUT2D eigenvalue weighted by Gasteiger charge is -2.14. The largest absolute Gasteiger partial charge is 0.126 e. The van der Waals surface area contributed by atoms with E-state index < -0.39 is 0 Å². The van der Waals surface area contributed by atoms with Gasteiger partial charge < -0.3 is 0 Å². The van der Waals surface area contributed by atoms with E-state index in [1.807, 2.05) is 0 Å². The highest BCUT2D eigenvalue weighted by atomic mass is 35.5. The third-order valence-corrected chi connectivity index (χ3v) is 3.88. The summed E-state index contributed by atoms with van der Waals surface area (Å²) in [6, 6.07) is 0. The third-order valence-electron chi connectivity index (χ3n) is 3.44. The van der Waals surface area contributed by atoms with Crippen LogP contribution in [0.2, 0.25) is 0 Å². The summed E-state index contributed by atoms with van der Waals surface area (Å²) in [5.74, 6) is 1.70. The first kappa shape index (κ1) is 12.4. The summed E-state index contributed by atoms with van der Waals surface area (Å²) in [6.07, 6.45) is 15.8. The van der Waals surface area contributed by atoms with E-state index in [2.05, 4.69) is 0 Å². The van der Waals surface area contributed by atoms with Crippen LogP contribution in [0.3, 0.4) is 0 Å². The summed E-state index contributed by atoms with van der Waals surface area (Å²) in [7, 11) is 0. The molecule has 84 valence electrons. The van der Waals surface area contributed by atoms with Crippen molar-refractivity contribution in [1.29, 1.82) is 0 Å². The molecule has 0 N–H and O–H groups in total. The van der Waals surface area contributed by atoms with Gasteiger partial charge in [0.2, 0.25) is 0 Å². The van der Waals surface area contributed by atoms with E-state index in [1.165, 1.54) is 70.6 Å². The van der Waals surface area contributed by atoms with Gasteiger partial charge in [0.05, 0.1) is 0 Å². The fourth-order valence-electron chi connectivity index (χ4n) is 2.40. The van der Waals surface area contributed by atoms with Crippen LogP contribution in [0.15, 0.2) is 0 Å². The Morgan fingerprint density at radius 3 is 1.36 bits per heavy atom. The lowest BCUT2D eigenvalue weighted by Crippen LogP contribution is -2.03. The maximum absolute atomic E-state index is 5.97. The normalized spacial score (nSPS) is 23.8. The Morgan fingerprint density at radius 2 is 1.00 bits per heavy atom. The van der Waals surface area contributed by atoms with Crippen LogP contribution in [0, 0.1) is 5.92 Å². The lowest BCUT2D eigenvalue weighted by molar-refractivity contribution is 0.424. The molecule has 1 rings (SSSR count). The number of hydrogen-bond acceptors (Lipinski definition) is 0. The van der Waals surface area contributed by atoms with Crippen molar-refractivity contribution >= 4 is 11.6 Å². The van der Waals surface area contributed by atoms with Crippen LogP contribution in [0.5, 0.6) is 0 Å². The van der Waals surface area contributed by atoms with Crippen LogP contribution in [-0.2, 0) is 0 Å². The van der Waals surface area contributed by atoms with Gasteiger partial charge in [-0.05, 0) is 18.8 Å². The molecule has 1 heteroatoms. The zero-order chi connectivity index (χ0) is 10.1. The monoisotopic (exact) mass is 216 g/mol. The fraction of sp³-hybridized carbons (Fsp3) is 1.00. The number of alkyl halides is 1. The number of rotatable bonds is 1. The molecule has 0 radical (unpaired) electrons. The van der Waals surface area contributed by atoms with Gasteiger partial charge in [0, 0.05) is 5.88 Å². The van der Waals surface area contributed by atoms with Crippen molar-refractivity contribution in [3.8, 4) is 0 Å². The Morgan fingerprint density at radius 1 is 0.643 bits per heavy atom. The zero-order valence-corrected chi connectivity index (χ0v) is 10.2. The van der Waals surface area contributed by atoms with E-state index in [1.54, 1.807) is 0 Å². The van der Waals surface area contributed by atoms with Crippen molar-refractivity contribution in [2.45, 2.75) is 70.6 Å². The first-order valence-corrected chi connectivity index (χ1v) is 7.03. The highest BCUT2D eigenvalue weighted by Gasteiger charge is 2.07. The van der Waals surface area contributed by atoms with E-state index in [0.29, 0.717) is 0 Å². The van der Waals surface area contributed by atoms with Crippen LogP contribution in [0.25, 0.3) is 0 Å². The summed E-state index contributed by atoms with van der Waals surface area (Å²) >= 11 is 5.97. The van der Waals surface area contributed by atoms with Crippen LogP contribution >= 0.6 is 11.6 Å². The Labute approximate surface area is 94.4 Å². The molecule has 0 saturated heterocycles. The standard InChI is InChI=1S/C13H25Cl/c14-12-13-10-8-6-4-2-1-3-5-7-9-11-13/h13H,1-12H2. The lowest BCUT2D eigenvalue weighted by atomic mass is 9.94. The molecule has 1 aliphatic rings. The van der Waals surface area contributed by atoms with Crippen molar-refractivity contribution in [2.75, 3.05) is 5.88 Å². The molecule has 0 aromatic heterocycles. The summed E-state index contributed by atoms with van der Waals surface area (Å²) in [5, 5.41) is 0. The molecule has 0 nitrogen and oxygen atoms in total. The molecular weight excluding hydrogens is 192 g/mol. The predicted molar refractivity (Wildman–Crippen MR) is 65.0 cm³/mol. The number of halogens is 1. The molecule has 1 saturated carbocycles. The molecule has 0 heterocycles. The maximum Gasteiger partial charge on any atom is 0.0251 e. The number of hydrogen-bond donors (Lipinski definition) is 0. The van der Waals surface area contributed by atoms with Crippen molar-refractivity contribution < 1.29 is 0 Å². The van der Waals surface area contributed by atoms with Crippen molar-refractivity contribution in [2.24, 2.45) is 5.92 Å². The predicted octanol–water partition coefficient (Wildman–Crippen LogP) is 5.15. The highest BCUT2D eigenvalue weighted by Crippen LogP contribution is 2.21. The van der Waals surface area contributed by atoms with E-state index in [9.17, 15) is 0 Å². The van der Waals surface area contributed by atoms with Gasteiger partial charge >= 0.3 is 0 Å². The first-order valence-electron chi connectivity index (χ1n) is 6.49. The summed E-state index contributed by atoms with van der Waals surface area (Å²) < 4.78 is 0. The average molecular weight is 217 g/mol. The van der Waals surface area contributed by atoms with Gasteiger partial charge in [-0.3, -0.25) is 0 Å². The molecule has 0 unspecified atom stereocenters. The third kappa shape index (κ3) is 5.90. The topological polar surface area (TPSA) is 0 Å². The first-order chi connectivity index (χ1) is 6.93. The van der Waals surface area contributed by atoms with Crippen molar-refractivity contribution in [3.63, 3.8) is 0 Å². The van der Waals surface area contributed by atoms with Gasteiger partial charge in [-0.1, -0.05) is 57.8 Å². The molecule has 0 spiro atoms. The molecule has 0 aromatic carbocycles. The van der Waals surface area contributed by atoms with E-state index >= 15 is 0 Å².